The van der Waals surface area contributed by atoms with Gasteiger partial charge in [-0.3, -0.25) is 9.52 Å². The van der Waals surface area contributed by atoms with E-state index in [4.69, 9.17) is 4.74 Å². The van der Waals surface area contributed by atoms with Gasteiger partial charge in [0.25, 0.3) is 15.9 Å². The van der Waals surface area contributed by atoms with Gasteiger partial charge in [0.15, 0.2) is 6.10 Å². The summed E-state index contributed by atoms with van der Waals surface area (Å²) in [7, 11) is -2.18. The quantitative estimate of drug-likeness (QED) is 0.763. The van der Waals surface area contributed by atoms with Crippen LogP contribution in [0.15, 0.2) is 57.9 Å². The fourth-order valence-electron chi connectivity index (χ4n) is 1.92. The largest absolute Gasteiger partial charge is 0.481 e. The summed E-state index contributed by atoms with van der Waals surface area (Å²) < 4.78 is 33.4. The van der Waals surface area contributed by atoms with Crippen molar-refractivity contribution < 1.29 is 17.9 Å². The maximum absolute atomic E-state index is 12.4. The van der Waals surface area contributed by atoms with Gasteiger partial charge in [-0.05, 0) is 49.4 Å². The number of halogens is 1. The highest BCUT2D eigenvalue weighted by molar-refractivity contribution is 9.10. The third-order valence-corrected chi connectivity index (χ3v) is 5.03. The molecule has 1 atom stereocenters. The monoisotopic (exact) mass is 412 g/mol. The second-order valence-corrected chi connectivity index (χ2v) is 7.56. The Labute approximate surface area is 149 Å². The first-order valence-corrected chi connectivity index (χ1v) is 9.36. The summed E-state index contributed by atoms with van der Waals surface area (Å²) in [4.78, 5) is 11.5. The van der Waals surface area contributed by atoms with E-state index in [2.05, 4.69) is 26.0 Å². The van der Waals surface area contributed by atoms with Crippen LogP contribution in [0.5, 0.6) is 5.75 Å². The number of sulfonamides is 1. The number of ether oxygens (including phenoxy) is 1. The molecule has 0 saturated carbocycles. The van der Waals surface area contributed by atoms with Crippen molar-refractivity contribution in [2.45, 2.75) is 17.9 Å². The van der Waals surface area contributed by atoms with Gasteiger partial charge in [0.2, 0.25) is 0 Å². The first-order valence-electron chi connectivity index (χ1n) is 7.08. The van der Waals surface area contributed by atoms with E-state index in [9.17, 15) is 13.2 Å². The first-order chi connectivity index (χ1) is 11.3. The predicted molar refractivity (Wildman–Crippen MR) is 95.5 cm³/mol. The van der Waals surface area contributed by atoms with Crippen molar-refractivity contribution in [2.24, 2.45) is 0 Å². The van der Waals surface area contributed by atoms with Gasteiger partial charge in [-0.1, -0.05) is 22.0 Å². The standard InChI is InChI=1S/C16H17BrN2O4S/c1-11(16(20)18-2)23-14-6-8-15(9-7-14)24(21,22)19-13-5-3-4-12(17)10-13/h3-11,19H,1-2H3,(H,18,20)/t11-/m0/s1. The Morgan fingerprint density at radius 1 is 1.17 bits per heavy atom. The number of amides is 1. The van der Waals surface area contributed by atoms with Crippen LogP contribution in [0.4, 0.5) is 5.69 Å². The lowest BCUT2D eigenvalue weighted by molar-refractivity contribution is -0.126. The Hall–Kier alpha value is -2.06. The smallest absolute Gasteiger partial charge is 0.261 e. The van der Waals surface area contributed by atoms with Crippen LogP contribution in [-0.4, -0.2) is 27.5 Å². The van der Waals surface area contributed by atoms with Crippen LogP contribution in [0.2, 0.25) is 0 Å². The number of hydrogen-bond donors (Lipinski definition) is 2. The summed E-state index contributed by atoms with van der Waals surface area (Å²) in [5, 5.41) is 2.48. The molecular weight excluding hydrogens is 396 g/mol. The van der Waals surface area contributed by atoms with E-state index in [1.807, 2.05) is 0 Å². The molecule has 0 aromatic heterocycles. The molecule has 2 aromatic carbocycles. The Kier molecular flexibility index (Phi) is 5.84. The molecule has 0 unspecified atom stereocenters. The number of anilines is 1. The van der Waals surface area contributed by atoms with Crippen LogP contribution >= 0.6 is 15.9 Å². The maximum atomic E-state index is 12.4. The Morgan fingerprint density at radius 2 is 1.83 bits per heavy atom. The van der Waals surface area contributed by atoms with Gasteiger partial charge in [0.05, 0.1) is 4.90 Å². The number of carbonyl (C=O) groups excluding carboxylic acids is 1. The van der Waals surface area contributed by atoms with Crippen molar-refractivity contribution in [1.82, 2.24) is 5.32 Å². The average molecular weight is 413 g/mol. The second-order valence-electron chi connectivity index (χ2n) is 4.96. The highest BCUT2D eigenvalue weighted by Gasteiger charge is 2.16. The highest BCUT2D eigenvalue weighted by Crippen LogP contribution is 2.22. The molecule has 2 N–H and O–H groups in total. The fraction of sp³-hybridized carbons (Fsp3) is 0.188. The third kappa shape index (κ3) is 4.72. The summed E-state index contributed by atoms with van der Waals surface area (Å²) in [6, 6.07) is 12.7. The van der Waals surface area contributed by atoms with Gasteiger partial charge in [-0.2, -0.15) is 0 Å². The lowest BCUT2D eigenvalue weighted by Crippen LogP contribution is -2.33. The van der Waals surface area contributed by atoms with Gasteiger partial charge < -0.3 is 10.1 Å². The zero-order chi connectivity index (χ0) is 17.7. The molecule has 0 aliphatic carbocycles. The minimum atomic E-state index is -3.70. The summed E-state index contributed by atoms with van der Waals surface area (Å²) in [6.45, 7) is 1.61. The SMILES string of the molecule is CNC(=O)[C@H](C)Oc1ccc(S(=O)(=O)Nc2cccc(Br)c2)cc1. The molecule has 6 nitrogen and oxygen atoms in total. The van der Waals surface area contributed by atoms with Crippen LogP contribution in [-0.2, 0) is 14.8 Å². The molecule has 24 heavy (non-hydrogen) atoms. The molecule has 0 bridgehead atoms. The van der Waals surface area contributed by atoms with Crippen molar-refractivity contribution >= 4 is 37.5 Å². The van der Waals surface area contributed by atoms with E-state index in [1.165, 1.54) is 31.3 Å². The Bertz CT molecular complexity index is 822. The summed E-state index contributed by atoms with van der Waals surface area (Å²) in [6.07, 6.45) is -0.669. The molecule has 0 radical (unpaired) electrons. The van der Waals surface area contributed by atoms with Crippen molar-refractivity contribution in [1.29, 1.82) is 0 Å². The lowest BCUT2D eigenvalue weighted by Gasteiger charge is -2.13. The zero-order valence-corrected chi connectivity index (χ0v) is 15.5. The normalized spacial score (nSPS) is 12.3. The van der Waals surface area contributed by atoms with Crippen LogP contribution < -0.4 is 14.8 Å². The van der Waals surface area contributed by atoms with Gasteiger partial charge in [-0.15, -0.1) is 0 Å². The first kappa shape index (κ1) is 18.3. The number of carbonyl (C=O) groups is 1. The van der Waals surface area contributed by atoms with E-state index >= 15 is 0 Å². The van der Waals surface area contributed by atoms with Gasteiger partial charge in [0.1, 0.15) is 5.75 Å². The minimum absolute atomic E-state index is 0.0995. The molecule has 0 spiro atoms. The maximum Gasteiger partial charge on any atom is 0.261 e. The third-order valence-electron chi connectivity index (χ3n) is 3.14. The topological polar surface area (TPSA) is 84.5 Å². The molecule has 8 heteroatoms. The van der Waals surface area contributed by atoms with E-state index in [-0.39, 0.29) is 10.8 Å². The van der Waals surface area contributed by atoms with Crippen LogP contribution in [0.3, 0.4) is 0 Å². The summed E-state index contributed by atoms with van der Waals surface area (Å²) >= 11 is 3.29. The molecule has 2 rings (SSSR count). The second kappa shape index (κ2) is 7.67. The Morgan fingerprint density at radius 3 is 2.42 bits per heavy atom. The van der Waals surface area contributed by atoms with E-state index in [0.29, 0.717) is 11.4 Å². The van der Waals surface area contributed by atoms with Crippen molar-refractivity contribution in [3.63, 3.8) is 0 Å². The minimum Gasteiger partial charge on any atom is -0.481 e. The van der Waals surface area contributed by atoms with Crippen molar-refractivity contribution in [3.8, 4) is 5.75 Å². The summed E-state index contributed by atoms with van der Waals surface area (Å²) in [5.74, 6) is 0.149. The molecule has 0 heterocycles. The predicted octanol–water partition coefficient (Wildman–Crippen LogP) is 2.76. The molecule has 1 amide bonds. The van der Waals surface area contributed by atoms with E-state index in [1.54, 1.807) is 31.2 Å². The van der Waals surface area contributed by atoms with Crippen LogP contribution in [0, 0.1) is 0 Å². The zero-order valence-electron chi connectivity index (χ0n) is 13.1. The number of likely N-dealkylation sites (N-methyl/N-ethyl adjacent to an activating group) is 1. The lowest BCUT2D eigenvalue weighted by atomic mass is 10.3. The molecule has 0 aliphatic heterocycles. The molecule has 0 fully saturated rings. The number of benzene rings is 2. The van der Waals surface area contributed by atoms with Crippen molar-refractivity contribution in [3.05, 3.63) is 53.0 Å². The molecule has 2 aromatic rings. The summed E-state index contributed by atoms with van der Waals surface area (Å²) in [5.41, 5.74) is 0.456. The Balaban J connectivity index is 2.13. The molecular formula is C16H17BrN2O4S. The number of nitrogens with one attached hydrogen (secondary N) is 2. The van der Waals surface area contributed by atoms with Gasteiger partial charge >= 0.3 is 0 Å². The number of hydrogen-bond acceptors (Lipinski definition) is 4. The van der Waals surface area contributed by atoms with Gasteiger partial charge in [-0.25, -0.2) is 8.42 Å². The van der Waals surface area contributed by atoms with Gasteiger partial charge in [0, 0.05) is 17.2 Å². The van der Waals surface area contributed by atoms with E-state index in [0.717, 1.165) is 4.47 Å². The molecule has 0 aliphatic rings. The fourth-order valence-corrected chi connectivity index (χ4v) is 3.37. The highest BCUT2D eigenvalue weighted by atomic mass is 79.9. The number of rotatable bonds is 6. The van der Waals surface area contributed by atoms with Crippen molar-refractivity contribution in [2.75, 3.05) is 11.8 Å². The molecule has 0 saturated heterocycles. The molecule has 128 valence electrons. The van der Waals surface area contributed by atoms with Crippen LogP contribution in [0.1, 0.15) is 6.92 Å². The average Bonchev–Trinajstić information content (AvgIpc) is 2.54. The van der Waals surface area contributed by atoms with Crippen LogP contribution in [0.25, 0.3) is 0 Å². The van der Waals surface area contributed by atoms with E-state index < -0.39 is 16.1 Å².